The minimum Gasteiger partial charge on any atom is -0.311 e. The molecule has 142 valence electrons. The molecule has 9 heteroatoms. The standard InChI is InChI=1S/C19H17N5O2S2/c1-13-10-14-6-5-9-17(18(14)20-11-13)28(25,26)23-15-7-3-4-8-16(15)27-19-22-21-12-24(19)2/h3-12,23H,1-2H3. The second-order valence-corrected chi connectivity index (χ2v) is 8.93. The van der Waals surface area contributed by atoms with Gasteiger partial charge in [0.05, 0.1) is 11.2 Å². The van der Waals surface area contributed by atoms with E-state index in [1.807, 2.05) is 38.2 Å². The Hall–Kier alpha value is -2.91. The van der Waals surface area contributed by atoms with Gasteiger partial charge in [0.1, 0.15) is 11.2 Å². The van der Waals surface area contributed by atoms with Gasteiger partial charge in [-0.2, -0.15) is 0 Å². The zero-order valence-corrected chi connectivity index (χ0v) is 16.8. The van der Waals surface area contributed by atoms with Crippen LogP contribution in [0.3, 0.4) is 0 Å². The van der Waals surface area contributed by atoms with Crippen molar-refractivity contribution >= 4 is 38.4 Å². The largest absolute Gasteiger partial charge is 0.311 e. The topological polar surface area (TPSA) is 89.8 Å². The molecule has 0 spiro atoms. The van der Waals surface area contributed by atoms with Gasteiger partial charge in [-0.3, -0.25) is 9.71 Å². The van der Waals surface area contributed by atoms with Crippen LogP contribution in [-0.4, -0.2) is 28.2 Å². The summed E-state index contributed by atoms with van der Waals surface area (Å²) < 4.78 is 30.7. The molecule has 0 aliphatic heterocycles. The summed E-state index contributed by atoms with van der Waals surface area (Å²) in [6.45, 7) is 1.92. The number of nitrogens with one attached hydrogen (secondary N) is 1. The van der Waals surface area contributed by atoms with E-state index in [4.69, 9.17) is 0 Å². The van der Waals surface area contributed by atoms with Crippen molar-refractivity contribution < 1.29 is 8.42 Å². The molecule has 0 atom stereocenters. The van der Waals surface area contributed by atoms with Crippen LogP contribution in [-0.2, 0) is 17.1 Å². The maximum Gasteiger partial charge on any atom is 0.264 e. The van der Waals surface area contributed by atoms with E-state index in [0.29, 0.717) is 16.4 Å². The van der Waals surface area contributed by atoms with E-state index in [9.17, 15) is 8.42 Å². The molecule has 28 heavy (non-hydrogen) atoms. The van der Waals surface area contributed by atoms with Crippen LogP contribution in [0.5, 0.6) is 0 Å². The predicted molar refractivity (Wildman–Crippen MR) is 109 cm³/mol. The van der Waals surface area contributed by atoms with Gasteiger partial charge >= 0.3 is 0 Å². The maximum absolute atomic E-state index is 13.1. The van der Waals surface area contributed by atoms with Gasteiger partial charge in [0, 0.05) is 23.5 Å². The van der Waals surface area contributed by atoms with Gasteiger partial charge in [-0.1, -0.05) is 24.3 Å². The molecule has 2 heterocycles. The van der Waals surface area contributed by atoms with E-state index in [-0.39, 0.29) is 4.90 Å². The summed E-state index contributed by atoms with van der Waals surface area (Å²) in [5, 5.41) is 9.34. The van der Waals surface area contributed by atoms with E-state index in [2.05, 4.69) is 19.9 Å². The molecule has 7 nitrogen and oxygen atoms in total. The Morgan fingerprint density at radius 1 is 1.11 bits per heavy atom. The number of sulfonamides is 1. The van der Waals surface area contributed by atoms with Crippen LogP contribution in [0, 0.1) is 6.92 Å². The van der Waals surface area contributed by atoms with Gasteiger partial charge in [0.15, 0.2) is 5.16 Å². The van der Waals surface area contributed by atoms with E-state index < -0.39 is 10.0 Å². The number of aryl methyl sites for hydroxylation is 2. The quantitative estimate of drug-likeness (QED) is 0.539. The molecule has 0 fully saturated rings. The second-order valence-electron chi connectivity index (χ2n) is 6.27. The normalized spacial score (nSPS) is 11.6. The van der Waals surface area contributed by atoms with Crippen LogP contribution in [0.4, 0.5) is 5.69 Å². The van der Waals surface area contributed by atoms with E-state index in [0.717, 1.165) is 15.8 Å². The monoisotopic (exact) mass is 411 g/mol. The smallest absolute Gasteiger partial charge is 0.264 e. The van der Waals surface area contributed by atoms with Gasteiger partial charge in [-0.05, 0) is 48.5 Å². The minimum atomic E-state index is -3.83. The molecule has 0 aliphatic rings. The van der Waals surface area contributed by atoms with Crippen molar-refractivity contribution in [2.75, 3.05) is 4.72 Å². The highest BCUT2D eigenvalue weighted by atomic mass is 32.2. The molecule has 4 rings (SSSR count). The van der Waals surface area contributed by atoms with Gasteiger partial charge < -0.3 is 4.57 Å². The van der Waals surface area contributed by atoms with Crippen molar-refractivity contribution in [1.82, 2.24) is 19.7 Å². The van der Waals surface area contributed by atoms with Gasteiger partial charge in [-0.25, -0.2) is 8.42 Å². The summed E-state index contributed by atoms with van der Waals surface area (Å²) in [6, 6.07) is 14.2. The van der Waals surface area contributed by atoms with Gasteiger partial charge in [-0.15, -0.1) is 10.2 Å². The summed E-state index contributed by atoms with van der Waals surface area (Å²) >= 11 is 1.34. The number of para-hydroxylation sites is 2. The number of aromatic nitrogens is 4. The lowest BCUT2D eigenvalue weighted by Crippen LogP contribution is -2.14. The highest BCUT2D eigenvalue weighted by Crippen LogP contribution is 2.33. The number of pyridine rings is 1. The highest BCUT2D eigenvalue weighted by Gasteiger charge is 2.20. The van der Waals surface area contributed by atoms with E-state index >= 15 is 0 Å². The van der Waals surface area contributed by atoms with Crippen molar-refractivity contribution in [3.63, 3.8) is 0 Å². The molecule has 0 aliphatic carbocycles. The first-order valence-corrected chi connectivity index (χ1v) is 10.7. The van der Waals surface area contributed by atoms with Crippen LogP contribution in [0.2, 0.25) is 0 Å². The van der Waals surface area contributed by atoms with E-state index in [1.54, 1.807) is 41.4 Å². The predicted octanol–water partition coefficient (Wildman–Crippen LogP) is 3.62. The third-order valence-corrected chi connectivity index (χ3v) is 6.63. The zero-order chi connectivity index (χ0) is 19.7. The number of fused-ring (bicyclic) bond motifs is 1. The van der Waals surface area contributed by atoms with Crippen molar-refractivity contribution in [3.8, 4) is 0 Å². The number of anilines is 1. The average molecular weight is 412 g/mol. The fraction of sp³-hybridized carbons (Fsp3) is 0.105. The first-order valence-electron chi connectivity index (χ1n) is 8.43. The Labute approximate surface area is 166 Å². The van der Waals surface area contributed by atoms with Crippen molar-refractivity contribution in [1.29, 1.82) is 0 Å². The Morgan fingerprint density at radius 2 is 1.93 bits per heavy atom. The molecule has 0 saturated carbocycles. The number of benzene rings is 2. The lowest BCUT2D eigenvalue weighted by atomic mass is 10.2. The summed E-state index contributed by atoms with van der Waals surface area (Å²) in [5.74, 6) is 0. The Morgan fingerprint density at radius 3 is 2.71 bits per heavy atom. The summed E-state index contributed by atoms with van der Waals surface area (Å²) in [7, 11) is -2.00. The first kappa shape index (κ1) is 18.5. The minimum absolute atomic E-state index is 0.142. The van der Waals surface area contributed by atoms with Crippen molar-refractivity contribution in [2.45, 2.75) is 21.9 Å². The molecule has 0 saturated heterocycles. The van der Waals surface area contributed by atoms with Crippen LogP contribution in [0.1, 0.15) is 5.56 Å². The molecule has 2 aromatic heterocycles. The number of hydrogen-bond acceptors (Lipinski definition) is 6. The van der Waals surface area contributed by atoms with Gasteiger partial charge in [0.2, 0.25) is 0 Å². The average Bonchev–Trinajstić information content (AvgIpc) is 3.07. The van der Waals surface area contributed by atoms with Crippen LogP contribution >= 0.6 is 11.8 Å². The fourth-order valence-corrected chi connectivity index (χ4v) is 4.94. The fourth-order valence-electron chi connectivity index (χ4n) is 2.76. The third kappa shape index (κ3) is 3.58. The Bertz CT molecular complexity index is 1270. The van der Waals surface area contributed by atoms with E-state index in [1.165, 1.54) is 11.8 Å². The van der Waals surface area contributed by atoms with Gasteiger partial charge in [0.25, 0.3) is 10.0 Å². The van der Waals surface area contributed by atoms with Crippen molar-refractivity contribution in [2.24, 2.45) is 7.05 Å². The molecule has 0 unspecified atom stereocenters. The highest BCUT2D eigenvalue weighted by molar-refractivity contribution is 7.99. The summed E-state index contributed by atoms with van der Waals surface area (Å²) in [4.78, 5) is 5.21. The molecular weight excluding hydrogens is 394 g/mol. The molecule has 4 aromatic rings. The first-order chi connectivity index (χ1) is 13.4. The summed E-state index contributed by atoms with van der Waals surface area (Å²) in [5.41, 5.74) is 1.89. The summed E-state index contributed by atoms with van der Waals surface area (Å²) in [6.07, 6.45) is 3.26. The lowest BCUT2D eigenvalue weighted by Gasteiger charge is -2.13. The molecule has 0 radical (unpaired) electrons. The number of rotatable bonds is 5. The molecular formula is C19H17N5O2S2. The maximum atomic E-state index is 13.1. The second kappa shape index (κ2) is 7.25. The molecule has 0 bridgehead atoms. The van der Waals surface area contributed by atoms with Crippen LogP contribution < -0.4 is 4.72 Å². The third-order valence-electron chi connectivity index (χ3n) is 4.10. The molecule has 2 aromatic carbocycles. The number of hydrogen-bond donors (Lipinski definition) is 1. The molecule has 0 amide bonds. The van der Waals surface area contributed by atoms with Crippen molar-refractivity contribution in [3.05, 3.63) is 66.6 Å². The molecule has 1 N–H and O–H groups in total. The Balaban J connectivity index is 1.73. The Kier molecular flexibility index (Phi) is 4.78. The number of nitrogens with zero attached hydrogens (tertiary/aromatic N) is 4. The van der Waals surface area contributed by atoms with Crippen LogP contribution in [0.25, 0.3) is 10.9 Å². The van der Waals surface area contributed by atoms with Crippen LogP contribution in [0.15, 0.2) is 76.0 Å². The lowest BCUT2D eigenvalue weighted by molar-refractivity contribution is 0.602. The zero-order valence-electron chi connectivity index (χ0n) is 15.2. The SMILES string of the molecule is Cc1cnc2c(S(=O)(=O)Nc3ccccc3Sc3nncn3C)cccc2c1.